The third kappa shape index (κ3) is 2.92. The number of hydrogen-bond acceptors (Lipinski definition) is 3. The van der Waals surface area contributed by atoms with Gasteiger partial charge in [0.2, 0.25) is 0 Å². The summed E-state index contributed by atoms with van der Waals surface area (Å²) in [5.74, 6) is 0. The number of carbonyl (C=O) groups is 1. The van der Waals surface area contributed by atoms with Crippen LogP contribution in [-0.4, -0.2) is 53.7 Å². The average Bonchev–Trinajstić information content (AvgIpc) is 2.84. The van der Waals surface area contributed by atoms with Crippen LogP contribution in [0, 0.1) is 0 Å². The molecule has 0 aromatic carbocycles. The predicted molar refractivity (Wildman–Crippen MR) is 67.0 cm³/mol. The van der Waals surface area contributed by atoms with Crippen LogP contribution in [0.3, 0.4) is 0 Å². The summed E-state index contributed by atoms with van der Waals surface area (Å²) in [5, 5.41) is 0. The Bertz CT molecular complexity index is 281. The summed E-state index contributed by atoms with van der Waals surface area (Å²) in [5.41, 5.74) is 0. The Hall–Kier alpha value is -0.770. The minimum absolute atomic E-state index is 0.0211. The number of amides is 1. The van der Waals surface area contributed by atoms with E-state index in [-0.39, 0.29) is 12.2 Å². The molecule has 4 heteroatoms. The number of nitrogens with zero attached hydrogens (tertiary/aromatic N) is 2. The van der Waals surface area contributed by atoms with Gasteiger partial charge in [-0.3, -0.25) is 4.90 Å². The van der Waals surface area contributed by atoms with Gasteiger partial charge in [-0.1, -0.05) is 0 Å². The lowest BCUT2D eigenvalue weighted by atomic mass is 10.2. The van der Waals surface area contributed by atoms with E-state index in [0.717, 1.165) is 19.5 Å². The van der Waals surface area contributed by atoms with E-state index in [9.17, 15) is 4.79 Å². The van der Waals surface area contributed by atoms with Crippen LogP contribution in [0.25, 0.3) is 0 Å². The third-order valence-corrected chi connectivity index (χ3v) is 3.83. The van der Waals surface area contributed by atoms with Crippen molar-refractivity contribution in [1.29, 1.82) is 0 Å². The predicted octanol–water partition coefficient (Wildman–Crippen LogP) is 2.09. The Morgan fingerprint density at radius 1 is 1.29 bits per heavy atom. The number of ether oxygens (including phenoxy) is 1. The zero-order valence-corrected chi connectivity index (χ0v) is 11.2. The van der Waals surface area contributed by atoms with E-state index < -0.39 is 0 Å². The SMILES string of the molecule is CC(C)OC(=O)N1CC[C@H](N2CCC[C@H]2C)C1. The molecule has 2 aliphatic heterocycles. The van der Waals surface area contributed by atoms with Gasteiger partial charge in [0.05, 0.1) is 6.10 Å². The number of carbonyl (C=O) groups excluding carboxylic acids is 1. The van der Waals surface area contributed by atoms with Crippen molar-refractivity contribution in [2.45, 2.75) is 58.2 Å². The van der Waals surface area contributed by atoms with E-state index in [1.54, 1.807) is 0 Å². The lowest BCUT2D eigenvalue weighted by Crippen LogP contribution is -2.40. The molecule has 17 heavy (non-hydrogen) atoms. The monoisotopic (exact) mass is 240 g/mol. The fourth-order valence-corrected chi connectivity index (χ4v) is 2.95. The van der Waals surface area contributed by atoms with Gasteiger partial charge in [0.1, 0.15) is 0 Å². The van der Waals surface area contributed by atoms with Crippen molar-refractivity contribution in [1.82, 2.24) is 9.80 Å². The van der Waals surface area contributed by atoms with Crippen LogP contribution < -0.4 is 0 Å². The number of likely N-dealkylation sites (tertiary alicyclic amines) is 2. The lowest BCUT2D eigenvalue weighted by Gasteiger charge is -2.28. The van der Waals surface area contributed by atoms with Crippen molar-refractivity contribution in [3.8, 4) is 0 Å². The Morgan fingerprint density at radius 2 is 2.06 bits per heavy atom. The molecule has 2 fully saturated rings. The minimum atomic E-state index is -0.144. The first kappa shape index (κ1) is 12.7. The third-order valence-electron chi connectivity index (χ3n) is 3.83. The molecule has 2 heterocycles. The van der Waals surface area contributed by atoms with E-state index in [1.807, 2.05) is 18.7 Å². The molecule has 4 nitrogen and oxygen atoms in total. The van der Waals surface area contributed by atoms with Crippen LogP contribution >= 0.6 is 0 Å². The Morgan fingerprint density at radius 3 is 2.65 bits per heavy atom. The molecule has 2 atom stereocenters. The van der Waals surface area contributed by atoms with Gasteiger partial charge in [-0.05, 0) is 46.6 Å². The molecule has 0 saturated carbocycles. The van der Waals surface area contributed by atoms with Crippen molar-refractivity contribution in [3.63, 3.8) is 0 Å². The van der Waals surface area contributed by atoms with Crippen molar-refractivity contribution in [3.05, 3.63) is 0 Å². The second-order valence-electron chi connectivity index (χ2n) is 5.55. The second kappa shape index (κ2) is 5.25. The molecular weight excluding hydrogens is 216 g/mol. The molecule has 0 radical (unpaired) electrons. The van der Waals surface area contributed by atoms with E-state index in [4.69, 9.17) is 4.74 Å². The number of rotatable bonds is 2. The molecule has 2 rings (SSSR count). The van der Waals surface area contributed by atoms with E-state index in [1.165, 1.54) is 19.4 Å². The highest BCUT2D eigenvalue weighted by Crippen LogP contribution is 2.25. The maximum absolute atomic E-state index is 11.8. The van der Waals surface area contributed by atoms with Gasteiger partial charge in [-0.15, -0.1) is 0 Å². The quantitative estimate of drug-likeness (QED) is 0.741. The first-order valence-corrected chi connectivity index (χ1v) is 6.79. The van der Waals surface area contributed by atoms with Crippen LogP contribution in [0.1, 0.15) is 40.0 Å². The summed E-state index contributed by atoms with van der Waals surface area (Å²) < 4.78 is 5.24. The summed E-state index contributed by atoms with van der Waals surface area (Å²) >= 11 is 0. The zero-order chi connectivity index (χ0) is 12.4. The van der Waals surface area contributed by atoms with Gasteiger partial charge in [0.15, 0.2) is 0 Å². The smallest absolute Gasteiger partial charge is 0.410 e. The van der Waals surface area contributed by atoms with Gasteiger partial charge < -0.3 is 9.64 Å². The van der Waals surface area contributed by atoms with Crippen molar-refractivity contribution >= 4 is 6.09 Å². The highest BCUT2D eigenvalue weighted by Gasteiger charge is 2.35. The molecule has 0 aliphatic carbocycles. The molecule has 0 aromatic rings. The van der Waals surface area contributed by atoms with Gasteiger partial charge in [0.25, 0.3) is 0 Å². The molecule has 0 aromatic heterocycles. The van der Waals surface area contributed by atoms with Crippen molar-refractivity contribution in [2.24, 2.45) is 0 Å². The van der Waals surface area contributed by atoms with Crippen LogP contribution in [0.15, 0.2) is 0 Å². The molecule has 2 saturated heterocycles. The van der Waals surface area contributed by atoms with Gasteiger partial charge >= 0.3 is 6.09 Å². The summed E-state index contributed by atoms with van der Waals surface area (Å²) in [6.45, 7) is 8.97. The van der Waals surface area contributed by atoms with Gasteiger partial charge in [-0.25, -0.2) is 4.79 Å². The Balaban J connectivity index is 1.84. The molecular formula is C13H24N2O2. The largest absolute Gasteiger partial charge is 0.447 e. The van der Waals surface area contributed by atoms with Crippen molar-refractivity contribution < 1.29 is 9.53 Å². The summed E-state index contributed by atoms with van der Waals surface area (Å²) in [4.78, 5) is 16.2. The topological polar surface area (TPSA) is 32.8 Å². The Kier molecular flexibility index (Phi) is 3.92. The molecule has 0 bridgehead atoms. The maximum Gasteiger partial charge on any atom is 0.410 e. The van der Waals surface area contributed by atoms with Crippen LogP contribution in [0.2, 0.25) is 0 Å². The van der Waals surface area contributed by atoms with Crippen LogP contribution in [0.5, 0.6) is 0 Å². The summed E-state index contributed by atoms with van der Waals surface area (Å²) in [7, 11) is 0. The first-order valence-electron chi connectivity index (χ1n) is 6.79. The van der Waals surface area contributed by atoms with Crippen LogP contribution in [-0.2, 0) is 4.74 Å². The normalized spacial score (nSPS) is 30.2. The molecule has 1 amide bonds. The second-order valence-corrected chi connectivity index (χ2v) is 5.55. The highest BCUT2D eigenvalue weighted by molar-refractivity contribution is 5.68. The van der Waals surface area contributed by atoms with Gasteiger partial charge in [-0.2, -0.15) is 0 Å². The average molecular weight is 240 g/mol. The molecule has 0 N–H and O–H groups in total. The highest BCUT2D eigenvalue weighted by atomic mass is 16.6. The summed E-state index contributed by atoms with van der Waals surface area (Å²) in [6, 6.07) is 1.23. The Labute approximate surface area is 104 Å². The molecule has 0 unspecified atom stereocenters. The molecule has 98 valence electrons. The number of hydrogen-bond donors (Lipinski definition) is 0. The fourth-order valence-electron chi connectivity index (χ4n) is 2.95. The maximum atomic E-state index is 11.8. The fraction of sp³-hybridized carbons (Fsp3) is 0.923. The first-order chi connectivity index (χ1) is 8.08. The zero-order valence-electron chi connectivity index (χ0n) is 11.2. The minimum Gasteiger partial charge on any atom is -0.447 e. The van der Waals surface area contributed by atoms with E-state index in [2.05, 4.69) is 11.8 Å². The summed E-state index contributed by atoms with van der Waals surface area (Å²) in [6.07, 6.45) is 3.53. The lowest BCUT2D eigenvalue weighted by molar-refractivity contribution is 0.0802. The molecule has 2 aliphatic rings. The standard InChI is InChI=1S/C13H24N2O2/c1-10(2)17-13(16)14-8-6-12(9-14)15-7-4-5-11(15)3/h10-12H,4-9H2,1-3H3/t11-,12+/m1/s1. The van der Waals surface area contributed by atoms with Crippen LogP contribution in [0.4, 0.5) is 4.79 Å². The van der Waals surface area contributed by atoms with E-state index in [0.29, 0.717) is 12.1 Å². The van der Waals surface area contributed by atoms with E-state index >= 15 is 0 Å². The van der Waals surface area contributed by atoms with Crippen molar-refractivity contribution in [2.75, 3.05) is 19.6 Å². The van der Waals surface area contributed by atoms with Gasteiger partial charge in [0, 0.05) is 25.2 Å². The molecule has 0 spiro atoms.